The lowest BCUT2D eigenvalue weighted by atomic mass is 9.86. The number of nitrogens with one attached hydrogen (secondary N) is 5. The fraction of sp³-hybridized carbons (Fsp3) is 0.815. The van der Waals surface area contributed by atoms with E-state index in [9.17, 15) is 24.0 Å². The summed E-state index contributed by atoms with van der Waals surface area (Å²) < 4.78 is 0. The van der Waals surface area contributed by atoms with E-state index >= 15 is 0 Å². The van der Waals surface area contributed by atoms with E-state index in [0.717, 1.165) is 49.8 Å². The van der Waals surface area contributed by atoms with Gasteiger partial charge in [0.25, 0.3) is 0 Å². The minimum atomic E-state index is -1.02. The first kappa shape index (κ1) is 30.5. The minimum absolute atomic E-state index is 0.00865. The van der Waals surface area contributed by atoms with Gasteiger partial charge < -0.3 is 36.6 Å². The topological polar surface area (TPSA) is 169 Å². The van der Waals surface area contributed by atoms with Gasteiger partial charge in [-0.05, 0) is 70.1 Å². The van der Waals surface area contributed by atoms with Gasteiger partial charge in [-0.1, -0.05) is 19.8 Å². The molecule has 3 saturated carbocycles. The molecule has 6 amide bonds. The molecule has 3 aliphatic carbocycles. The molecule has 3 rings (SSSR count). The Morgan fingerprint density at radius 1 is 0.718 bits per heavy atom. The van der Waals surface area contributed by atoms with Crippen LogP contribution in [0.4, 0.5) is 9.59 Å². The first-order valence-corrected chi connectivity index (χ1v) is 14.6. The molecule has 0 bridgehead atoms. The Labute approximate surface area is 230 Å². The Balaban J connectivity index is 1.26. The average molecular weight is 551 g/mol. The third kappa shape index (κ3) is 10.9. The normalized spacial score (nSPS) is 28.8. The average Bonchev–Trinajstić information content (AvgIpc) is 2.90. The van der Waals surface area contributed by atoms with Crippen molar-refractivity contribution in [1.29, 1.82) is 0 Å². The number of rotatable bonds is 11. The molecule has 220 valence electrons. The van der Waals surface area contributed by atoms with Gasteiger partial charge in [-0.3, -0.25) is 14.4 Å². The second kappa shape index (κ2) is 15.5. The van der Waals surface area contributed by atoms with E-state index in [2.05, 4.69) is 33.5 Å². The van der Waals surface area contributed by atoms with E-state index in [1.807, 2.05) is 0 Å². The van der Waals surface area contributed by atoms with Gasteiger partial charge in [0.05, 0.1) is 13.0 Å². The standard InChI is InChI=1S/C27H46N6O6/c1-18-4-2-3-5-23(18)32-27(39)31-22-12-10-21(11-13-22)30-26(38)29-20-8-6-19(7-9-20)28-24(35)16-33(17-34)15-14-25(36)37/h17-23H,2-16H2,1H3,(H,28,35)(H,36,37)(H2,29,30,38)(H2,31,32,39). The van der Waals surface area contributed by atoms with Crippen LogP contribution in [0.5, 0.6) is 0 Å². The van der Waals surface area contributed by atoms with Gasteiger partial charge >= 0.3 is 18.0 Å². The van der Waals surface area contributed by atoms with Crippen molar-refractivity contribution < 1.29 is 29.1 Å². The molecule has 2 unspecified atom stereocenters. The predicted molar refractivity (Wildman–Crippen MR) is 145 cm³/mol. The van der Waals surface area contributed by atoms with Gasteiger partial charge in [0.1, 0.15) is 0 Å². The van der Waals surface area contributed by atoms with Gasteiger partial charge in [0.15, 0.2) is 0 Å². The van der Waals surface area contributed by atoms with Crippen LogP contribution >= 0.6 is 0 Å². The molecule has 12 heteroatoms. The molecule has 3 fully saturated rings. The lowest BCUT2D eigenvalue weighted by Gasteiger charge is -2.33. The zero-order valence-corrected chi connectivity index (χ0v) is 23.1. The molecule has 39 heavy (non-hydrogen) atoms. The Morgan fingerprint density at radius 2 is 1.18 bits per heavy atom. The molecule has 0 aliphatic heterocycles. The highest BCUT2D eigenvalue weighted by molar-refractivity contribution is 5.80. The zero-order valence-electron chi connectivity index (χ0n) is 23.1. The predicted octanol–water partition coefficient (Wildman–Crippen LogP) is 1.84. The fourth-order valence-electron chi connectivity index (χ4n) is 5.97. The van der Waals surface area contributed by atoms with Crippen LogP contribution in [0, 0.1) is 5.92 Å². The van der Waals surface area contributed by atoms with Crippen molar-refractivity contribution in [3.8, 4) is 0 Å². The summed E-state index contributed by atoms with van der Waals surface area (Å²) in [4.78, 5) is 60.1. The first-order valence-electron chi connectivity index (χ1n) is 14.6. The van der Waals surface area contributed by atoms with Gasteiger partial charge in [-0.25, -0.2) is 9.59 Å². The van der Waals surface area contributed by atoms with Gasteiger partial charge in [0.2, 0.25) is 12.3 Å². The highest BCUT2D eigenvalue weighted by Crippen LogP contribution is 2.24. The zero-order chi connectivity index (χ0) is 28.2. The van der Waals surface area contributed by atoms with Crippen LogP contribution < -0.4 is 26.6 Å². The SMILES string of the molecule is CC1CCCCC1NC(=O)NC1CCC(NC(=O)NC2CCC(NC(=O)CN(C=O)CCC(=O)O)CC2)CC1. The molecule has 0 spiro atoms. The second-order valence-electron chi connectivity index (χ2n) is 11.5. The van der Waals surface area contributed by atoms with Gasteiger partial charge in [-0.15, -0.1) is 0 Å². The van der Waals surface area contributed by atoms with Crippen molar-refractivity contribution in [2.45, 2.75) is 121 Å². The molecule has 0 aromatic heterocycles. The summed E-state index contributed by atoms with van der Waals surface area (Å²) in [6, 6.07) is 0.220. The lowest BCUT2D eigenvalue weighted by Crippen LogP contribution is -2.52. The summed E-state index contributed by atoms with van der Waals surface area (Å²) in [6.07, 6.45) is 11.1. The van der Waals surface area contributed by atoms with E-state index in [1.54, 1.807) is 0 Å². The van der Waals surface area contributed by atoms with E-state index in [1.165, 1.54) is 19.3 Å². The van der Waals surface area contributed by atoms with Crippen LogP contribution in [-0.4, -0.2) is 83.7 Å². The van der Waals surface area contributed by atoms with E-state index in [4.69, 9.17) is 5.11 Å². The Hall–Kier alpha value is -3.05. The number of amides is 6. The summed E-state index contributed by atoms with van der Waals surface area (Å²) in [5, 5.41) is 24.0. The number of carbonyl (C=O) groups is 5. The van der Waals surface area contributed by atoms with Crippen molar-refractivity contribution >= 4 is 30.3 Å². The molecule has 0 aromatic carbocycles. The Morgan fingerprint density at radius 3 is 1.64 bits per heavy atom. The van der Waals surface area contributed by atoms with Crippen molar-refractivity contribution in [2.75, 3.05) is 13.1 Å². The number of hydrogen-bond donors (Lipinski definition) is 6. The number of urea groups is 2. The second-order valence-corrected chi connectivity index (χ2v) is 11.5. The Kier molecular flexibility index (Phi) is 12.1. The summed E-state index contributed by atoms with van der Waals surface area (Å²) in [5.74, 6) is -0.814. The van der Waals surface area contributed by atoms with Crippen LogP contribution in [-0.2, 0) is 14.4 Å². The maximum Gasteiger partial charge on any atom is 0.315 e. The first-order chi connectivity index (χ1) is 18.7. The smallest absolute Gasteiger partial charge is 0.315 e. The maximum atomic E-state index is 12.6. The van der Waals surface area contributed by atoms with Crippen molar-refractivity contribution in [3.63, 3.8) is 0 Å². The molecule has 6 N–H and O–H groups in total. The number of aliphatic carboxylic acids is 1. The number of carboxylic acids is 1. The number of carboxylic acid groups (broad SMARTS) is 1. The van der Waals surface area contributed by atoms with Crippen LogP contribution in [0.15, 0.2) is 0 Å². The molecular formula is C27H46N6O6. The molecule has 0 aromatic rings. The number of hydrogen-bond acceptors (Lipinski definition) is 5. The molecule has 0 radical (unpaired) electrons. The van der Waals surface area contributed by atoms with E-state index in [0.29, 0.717) is 25.2 Å². The summed E-state index contributed by atoms with van der Waals surface area (Å²) in [7, 11) is 0. The van der Waals surface area contributed by atoms with Crippen molar-refractivity contribution in [3.05, 3.63) is 0 Å². The molecule has 0 heterocycles. The van der Waals surface area contributed by atoms with Gasteiger partial charge in [0, 0.05) is 36.8 Å². The van der Waals surface area contributed by atoms with Crippen LogP contribution in [0.25, 0.3) is 0 Å². The highest BCUT2D eigenvalue weighted by atomic mass is 16.4. The van der Waals surface area contributed by atoms with Crippen LogP contribution in [0.2, 0.25) is 0 Å². The van der Waals surface area contributed by atoms with Gasteiger partial charge in [-0.2, -0.15) is 0 Å². The minimum Gasteiger partial charge on any atom is -0.481 e. The summed E-state index contributed by atoms with van der Waals surface area (Å²) in [5.41, 5.74) is 0. The monoisotopic (exact) mass is 550 g/mol. The molecular weight excluding hydrogens is 504 g/mol. The summed E-state index contributed by atoms with van der Waals surface area (Å²) in [6.45, 7) is 2.03. The number of carbonyl (C=O) groups excluding carboxylic acids is 4. The highest BCUT2D eigenvalue weighted by Gasteiger charge is 2.28. The van der Waals surface area contributed by atoms with E-state index < -0.39 is 5.97 Å². The third-order valence-electron chi connectivity index (χ3n) is 8.36. The van der Waals surface area contributed by atoms with E-state index in [-0.39, 0.29) is 67.7 Å². The largest absolute Gasteiger partial charge is 0.481 e. The molecule has 12 nitrogen and oxygen atoms in total. The summed E-state index contributed by atoms with van der Waals surface area (Å²) >= 11 is 0. The lowest BCUT2D eigenvalue weighted by molar-refractivity contribution is -0.138. The van der Waals surface area contributed by atoms with Crippen LogP contribution in [0.3, 0.4) is 0 Å². The molecule has 3 aliphatic rings. The molecule has 2 atom stereocenters. The third-order valence-corrected chi connectivity index (χ3v) is 8.36. The molecule has 0 saturated heterocycles. The van der Waals surface area contributed by atoms with Crippen LogP contribution in [0.1, 0.15) is 90.4 Å². The Bertz CT molecular complexity index is 841. The fourth-order valence-corrected chi connectivity index (χ4v) is 5.97. The quantitative estimate of drug-likeness (QED) is 0.215. The van der Waals surface area contributed by atoms with Crippen molar-refractivity contribution in [2.24, 2.45) is 5.92 Å². The maximum absolute atomic E-state index is 12.6. The number of nitrogens with zero attached hydrogens (tertiary/aromatic N) is 1. The van der Waals surface area contributed by atoms with Crippen molar-refractivity contribution in [1.82, 2.24) is 31.5 Å².